The van der Waals surface area contributed by atoms with Crippen LogP contribution in [-0.2, 0) is 30.7 Å². The van der Waals surface area contributed by atoms with Crippen molar-refractivity contribution in [3.8, 4) is 17.1 Å². The molecule has 0 saturated heterocycles. The highest BCUT2D eigenvalue weighted by Gasteiger charge is 2.25. The number of ether oxygens (including phenoxy) is 1. The first-order valence-corrected chi connectivity index (χ1v) is 11.5. The molecule has 5 rings (SSSR count). The van der Waals surface area contributed by atoms with E-state index in [0.717, 1.165) is 33.1 Å². The number of nitrogens with one attached hydrogen (secondary N) is 3. The third-order valence-electron chi connectivity index (χ3n) is 5.67. The van der Waals surface area contributed by atoms with Crippen molar-refractivity contribution in [2.75, 3.05) is 12.4 Å². The van der Waals surface area contributed by atoms with Gasteiger partial charge in [0, 0.05) is 23.2 Å². The van der Waals surface area contributed by atoms with E-state index in [1.807, 2.05) is 58.6 Å². The summed E-state index contributed by atoms with van der Waals surface area (Å²) in [7, 11) is 1.61. The predicted octanol–water partition coefficient (Wildman–Crippen LogP) is 3.62. The van der Waals surface area contributed by atoms with E-state index < -0.39 is 0 Å². The fraction of sp³-hybridized carbons (Fsp3) is 0.208. The average Bonchev–Trinajstić information content (AvgIpc) is 3.57. The average molecular weight is 462 g/mol. The van der Waals surface area contributed by atoms with Crippen molar-refractivity contribution in [2.45, 2.75) is 25.9 Å². The second-order valence-electron chi connectivity index (χ2n) is 7.82. The number of carbonyl (C=O) groups excluding carboxylic acids is 2. The standard InChI is InChI=1S/C24H23N5O3S/c1-32-17-6-4-15(5-7-17)11-21(30)26-23-19-8-9-29-14-16(12-20(29)22(19)27-28-23)24(31)25-13-18-3-2-10-33-18/h2-7,10,12,14H,8-9,11,13H2,1H3,(H,25,31)(H2,26,27,28,30). The van der Waals surface area contributed by atoms with E-state index in [0.29, 0.717) is 30.9 Å². The number of H-pyrrole nitrogens is 1. The van der Waals surface area contributed by atoms with Gasteiger partial charge in [-0.1, -0.05) is 18.2 Å². The van der Waals surface area contributed by atoms with Crippen LogP contribution >= 0.6 is 11.3 Å². The maximum Gasteiger partial charge on any atom is 0.253 e. The van der Waals surface area contributed by atoms with Gasteiger partial charge in [-0.05, 0) is 41.6 Å². The molecule has 3 N–H and O–H groups in total. The normalized spacial score (nSPS) is 12.0. The molecule has 0 unspecified atom stereocenters. The van der Waals surface area contributed by atoms with Gasteiger partial charge < -0.3 is 19.9 Å². The van der Waals surface area contributed by atoms with Crippen LogP contribution in [0.25, 0.3) is 11.4 Å². The van der Waals surface area contributed by atoms with Crippen LogP contribution in [-0.4, -0.2) is 33.7 Å². The minimum absolute atomic E-state index is 0.112. The molecule has 0 atom stereocenters. The van der Waals surface area contributed by atoms with Crippen LogP contribution in [0.15, 0.2) is 54.0 Å². The van der Waals surface area contributed by atoms with E-state index in [-0.39, 0.29) is 18.2 Å². The maximum atomic E-state index is 12.6. The summed E-state index contributed by atoms with van der Waals surface area (Å²) in [6, 6.07) is 13.2. The Bertz CT molecular complexity index is 1290. The number of benzene rings is 1. The summed E-state index contributed by atoms with van der Waals surface area (Å²) >= 11 is 1.61. The lowest BCUT2D eigenvalue weighted by atomic mass is 10.1. The summed E-state index contributed by atoms with van der Waals surface area (Å²) in [5.41, 5.74) is 4.17. The van der Waals surface area contributed by atoms with E-state index in [1.165, 1.54) is 0 Å². The Labute approximate surface area is 194 Å². The second kappa shape index (κ2) is 8.95. The van der Waals surface area contributed by atoms with Crippen molar-refractivity contribution >= 4 is 29.0 Å². The lowest BCUT2D eigenvalue weighted by Gasteiger charge is -2.16. The van der Waals surface area contributed by atoms with Gasteiger partial charge in [0.2, 0.25) is 5.91 Å². The molecule has 0 aliphatic carbocycles. The largest absolute Gasteiger partial charge is 0.497 e. The number of nitrogens with zero attached hydrogens (tertiary/aromatic N) is 2. The first kappa shape index (κ1) is 21.0. The molecule has 8 nitrogen and oxygen atoms in total. The number of aromatic amines is 1. The molecule has 33 heavy (non-hydrogen) atoms. The molecule has 0 spiro atoms. The minimum atomic E-state index is -0.135. The van der Waals surface area contributed by atoms with Crippen molar-refractivity contribution < 1.29 is 14.3 Å². The van der Waals surface area contributed by atoms with E-state index in [1.54, 1.807) is 18.4 Å². The quantitative estimate of drug-likeness (QED) is 0.391. The lowest BCUT2D eigenvalue weighted by Crippen LogP contribution is -2.21. The summed E-state index contributed by atoms with van der Waals surface area (Å²) in [6.45, 7) is 1.22. The monoisotopic (exact) mass is 461 g/mol. The van der Waals surface area contributed by atoms with Crippen LogP contribution < -0.4 is 15.4 Å². The van der Waals surface area contributed by atoms with Gasteiger partial charge in [0.05, 0.1) is 37.0 Å². The highest BCUT2D eigenvalue weighted by molar-refractivity contribution is 7.09. The number of rotatable bonds is 7. The van der Waals surface area contributed by atoms with Crippen molar-refractivity contribution in [1.82, 2.24) is 20.1 Å². The van der Waals surface area contributed by atoms with Gasteiger partial charge in [-0.25, -0.2) is 0 Å². The van der Waals surface area contributed by atoms with Crippen molar-refractivity contribution in [1.29, 1.82) is 0 Å². The van der Waals surface area contributed by atoms with Crippen molar-refractivity contribution in [3.05, 3.63) is 75.6 Å². The van der Waals surface area contributed by atoms with Crippen molar-refractivity contribution in [3.63, 3.8) is 0 Å². The van der Waals surface area contributed by atoms with Gasteiger partial charge in [0.1, 0.15) is 5.75 Å². The SMILES string of the molecule is COc1ccc(CC(=O)Nc2n[nH]c3c2CCn2cc(C(=O)NCc4cccs4)cc2-3)cc1. The third-order valence-corrected chi connectivity index (χ3v) is 6.55. The Kier molecular flexibility index (Phi) is 5.70. The second-order valence-corrected chi connectivity index (χ2v) is 8.85. The summed E-state index contributed by atoms with van der Waals surface area (Å²) in [5.74, 6) is 1.05. The van der Waals surface area contributed by atoms with Crippen LogP contribution in [0.2, 0.25) is 0 Å². The number of aryl methyl sites for hydroxylation is 1. The molecule has 9 heteroatoms. The zero-order chi connectivity index (χ0) is 22.8. The number of amides is 2. The first-order valence-electron chi connectivity index (χ1n) is 10.6. The summed E-state index contributed by atoms with van der Waals surface area (Å²) in [5, 5.41) is 15.3. The molecule has 1 aromatic carbocycles. The molecule has 0 saturated carbocycles. The smallest absolute Gasteiger partial charge is 0.253 e. The third kappa shape index (κ3) is 4.40. The predicted molar refractivity (Wildman–Crippen MR) is 127 cm³/mol. The molecule has 1 aliphatic rings. The van der Waals surface area contributed by atoms with Crippen LogP contribution in [0.4, 0.5) is 5.82 Å². The molecule has 0 radical (unpaired) electrons. The van der Waals surface area contributed by atoms with Crippen LogP contribution in [0.5, 0.6) is 5.75 Å². The first-order chi connectivity index (χ1) is 16.1. The lowest BCUT2D eigenvalue weighted by molar-refractivity contribution is -0.115. The molecule has 168 valence electrons. The molecule has 2 amide bonds. The highest BCUT2D eigenvalue weighted by Crippen LogP contribution is 2.33. The summed E-state index contributed by atoms with van der Waals surface area (Å²) in [6.07, 6.45) is 2.82. The van der Waals surface area contributed by atoms with Crippen LogP contribution in [0, 0.1) is 0 Å². The Morgan fingerprint density at radius 2 is 2.09 bits per heavy atom. The molecule has 4 aromatic rings. The zero-order valence-corrected chi connectivity index (χ0v) is 18.9. The summed E-state index contributed by atoms with van der Waals surface area (Å²) in [4.78, 5) is 26.3. The number of methoxy groups -OCH3 is 1. The zero-order valence-electron chi connectivity index (χ0n) is 18.1. The van der Waals surface area contributed by atoms with Gasteiger partial charge >= 0.3 is 0 Å². The van der Waals surface area contributed by atoms with E-state index >= 15 is 0 Å². The fourth-order valence-corrected chi connectivity index (χ4v) is 4.62. The Morgan fingerprint density at radius 3 is 2.85 bits per heavy atom. The van der Waals surface area contributed by atoms with Gasteiger partial charge in [-0.3, -0.25) is 14.7 Å². The molecular weight excluding hydrogens is 438 g/mol. The van der Waals surface area contributed by atoms with Crippen molar-refractivity contribution in [2.24, 2.45) is 0 Å². The molecule has 4 heterocycles. The number of hydrogen-bond donors (Lipinski definition) is 3. The van der Waals surface area contributed by atoms with Crippen LogP contribution in [0.3, 0.4) is 0 Å². The van der Waals surface area contributed by atoms with E-state index in [9.17, 15) is 9.59 Å². The number of hydrogen-bond acceptors (Lipinski definition) is 5. The Balaban J connectivity index is 1.27. The number of fused-ring (bicyclic) bond motifs is 3. The molecule has 3 aromatic heterocycles. The molecule has 1 aliphatic heterocycles. The van der Waals surface area contributed by atoms with Gasteiger partial charge in [-0.15, -0.1) is 11.3 Å². The van der Waals surface area contributed by atoms with E-state index in [2.05, 4.69) is 20.8 Å². The van der Waals surface area contributed by atoms with Gasteiger partial charge in [0.25, 0.3) is 5.91 Å². The maximum absolute atomic E-state index is 12.6. The Hall–Kier alpha value is -3.85. The topological polar surface area (TPSA) is 101 Å². The van der Waals surface area contributed by atoms with Crippen LogP contribution in [0.1, 0.15) is 26.4 Å². The minimum Gasteiger partial charge on any atom is -0.497 e. The molecule has 0 bridgehead atoms. The Morgan fingerprint density at radius 1 is 1.24 bits per heavy atom. The molecule has 0 fully saturated rings. The van der Waals surface area contributed by atoms with Gasteiger partial charge in [-0.2, -0.15) is 5.10 Å². The highest BCUT2D eigenvalue weighted by atomic mass is 32.1. The number of anilines is 1. The van der Waals surface area contributed by atoms with Gasteiger partial charge in [0.15, 0.2) is 5.82 Å². The summed E-state index contributed by atoms with van der Waals surface area (Å²) < 4.78 is 7.20. The number of thiophene rings is 1. The number of aromatic nitrogens is 3. The van der Waals surface area contributed by atoms with E-state index in [4.69, 9.17) is 4.74 Å². The number of carbonyl (C=O) groups is 2. The fourth-order valence-electron chi connectivity index (χ4n) is 3.97. The molecular formula is C24H23N5O3S.